The lowest BCUT2D eigenvalue weighted by Gasteiger charge is -2.01. The summed E-state index contributed by atoms with van der Waals surface area (Å²) in [6.45, 7) is 2.21. The maximum Gasteiger partial charge on any atom is 0.147 e. The van der Waals surface area contributed by atoms with Gasteiger partial charge in [0.2, 0.25) is 0 Å². The first-order valence-electron chi connectivity index (χ1n) is 6.05. The van der Waals surface area contributed by atoms with Crippen LogP contribution < -0.4 is 5.32 Å². The molecule has 0 unspecified atom stereocenters. The minimum atomic E-state index is -0.264. The number of nitriles is 1. The van der Waals surface area contributed by atoms with Crippen LogP contribution >= 0.6 is 0 Å². The van der Waals surface area contributed by atoms with E-state index in [1.165, 1.54) is 18.5 Å². The van der Waals surface area contributed by atoms with E-state index in [4.69, 9.17) is 5.26 Å². The van der Waals surface area contributed by atoms with Crippen LogP contribution in [-0.4, -0.2) is 16.1 Å². The normalized spacial score (nSPS) is 10.7. The van der Waals surface area contributed by atoms with Crippen LogP contribution in [0.5, 0.6) is 0 Å². The van der Waals surface area contributed by atoms with E-state index in [-0.39, 0.29) is 5.82 Å². The van der Waals surface area contributed by atoms with Gasteiger partial charge in [-0.2, -0.15) is 10.4 Å². The maximum absolute atomic E-state index is 12.7. The average molecular weight is 271 g/mol. The van der Waals surface area contributed by atoms with Crippen molar-refractivity contribution in [3.05, 3.63) is 46.9 Å². The second-order valence-electron chi connectivity index (χ2n) is 4.29. The fraction of sp³-hybridized carbons (Fsp3) is 0.214. The molecule has 0 atom stereocenters. The van der Waals surface area contributed by atoms with Gasteiger partial charge in [-0.1, -0.05) is 12.1 Å². The quantitative estimate of drug-likeness (QED) is 0.685. The summed E-state index contributed by atoms with van der Waals surface area (Å²) in [5, 5.41) is 16.2. The second-order valence-corrected chi connectivity index (χ2v) is 4.29. The zero-order valence-corrected chi connectivity index (χ0v) is 11.3. The van der Waals surface area contributed by atoms with Crippen molar-refractivity contribution >= 4 is 12.2 Å². The van der Waals surface area contributed by atoms with Gasteiger partial charge in [0, 0.05) is 7.05 Å². The number of aryl methyl sites for hydroxylation is 2. The number of hydrogen-bond donors (Lipinski definition) is 1. The number of aromatic nitrogens is 2. The molecule has 1 aromatic carbocycles. The number of nitrogens with zero attached hydrogens (tertiary/aromatic N) is 4. The molecule has 20 heavy (non-hydrogen) atoms. The van der Waals surface area contributed by atoms with E-state index in [9.17, 15) is 4.39 Å². The molecule has 0 fully saturated rings. The molecule has 0 radical (unpaired) electrons. The Morgan fingerprint density at radius 1 is 1.45 bits per heavy atom. The topological polar surface area (TPSA) is 66.0 Å². The summed E-state index contributed by atoms with van der Waals surface area (Å²) in [4.78, 5) is 4.18. The lowest BCUT2D eigenvalue weighted by molar-refractivity contribution is 0.627. The molecule has 0 aliphatic carbocycles. The molecule has 1 aromatic heterocycles. The van der Waals surface area contributed by atoms with Crippen molar-refractivity contribution in [1.29, 1.82) is 5.26 Å². The van der Waals surface area contributed by atoms with Crippen LogP contribution in [0.4, 0.5) is 10.2 Å². The molecule has 0 bridgehead atoms. The van der Waals surface area contributed by atoms with E-state index < -0.39 is 0 Å². The van der Waals surface area contributed by atoms with Crippen molar-refractivity contribution in [2.45, 2.75) is 13.5 Å². The summed E-state index contributed by atoms with van der Waals surface area (Å²) in [5.41, 5.74) is 2.08. The summed E-state index contributed by atoms with van der Waals surface area (Å²) in [5.74, 6) is 0.340. The molecule has 1 heterocycles. The predicted molar refractivity (Wildman–Crippen MR) is 74.9 cm³/mol. The molecule has 2 rings (SSSR count). The monoisotopic (exact) mass is 271 g/mol. The predicted octanol–water partition coefficient (Wildman–Crippen LogP) is 2.38. The van der Waals surface area contributed by atoms with E-state index in [2.05, 4.69) is 21.5 Å². The molecule has 2 aromatic rings. The molecule has 5 nitrogen and oxygen atoms in total. The van der Waals surface area contributed by atoms with Crippen molar-refractivity contribution in [1.82, 2.24) is 9.78 Å². The first kappa shape index (κ1) is 13.7. The highest BCUT2D eigenvalue weighted by molar-refractivity contribution is 5.77. The summed E-state index contributed by atoms with van der Waals surface area (Å²) in [6, 6.07) is 8.26. The number of rotatable bonds is 4. The third kappa shape index (κ3) is 3.01. The summed E-state index contributed by atoms with van der Waals surface area (Å²) >= 11 is 0. The molecule has 6 heteroatoms. The number of benzene rings is 1. The van der Waals surface area contributed by atoms with Gasteiger partial charge in [0.15, 0.2) is 0 Å². The van der Waals surface area contributed by atoms with Crippen LogP contribution in [0.15, 0.2) is 29.3 Å². The zero-order valence-electron chi connectivity index (χ0n) is 11.3. The lowest BCUT2D eigenvalue weighted by Crippen LogP contribution is -2.03. The van der Waals surface area contributed by atoms with E-state index in [0.29, 0.717) is 23.6 Å². The van der Waals surface area contributed by atoms with E-state index in [0.717, 1.165) is 5.56 Å². The van der Waals surface area contributed by atoms with Gasteiger partial charge in [-0.05, 0) is 24.6 Å². The Balaban J connectivity index is 2.00. The van der Waals surface area contributed by atoms with Crippen LogP contribution in [0.25, 0.3) is 0 Å². The Labute approximate surface area is 116 Å². The Morgan fingerprint density at radius 3 is 2.80 bits per heavy atom. The largest absolute Gasteiger partial charge is 0.331 e. The summed E-state index contributed by atoms with van der Waals surface area (Å²) in [6.07, 6.45) is 1.51. The first-order valence-corrected chi connectivity index (χ1v) is 6.05. The Hall–Kier alpha value is -2.68. The number of halogens is 1. The molecule has 0 saturated heterocycles. The van der Waals surface area contributed by atoms with Crippen LogP contribution in [0.1, 0.15) is 16.8 Å². The number of hydrogen-bond acceptors (Lipinski definition) is 3. The molecular formula is C14H14FN5. The fourth-order valence-electron chi connectivity index (χ4n) is 1.81. The Morgan fingerprint density at radius 2 is 2.15 bits per heavy atom. The van der Waals surface area contributed by atoms with Crippen LogP contribution in [0, 0.1) is 24.1 Å². The van der Waals surface area contributed by atoms with Gasteiger partial charge in [0.1, 0.15) is 23.3 Å². The van der Waals surface area contributed by atoms with E-state index >= 15 is 0 Å². The van der Waals surface area contributed by atoms with E-state index in [1.807, 2.05) is 0 Å². The number of nitrogens with one attached hydrogen (secondary N) is 1. The van der Waals surface area contributed by atoms with Crippen molar-refractivity contribution in [3.63, 3.8) is 0 Å². The standard InChI is InChI=1S/C14H14FN5/c1-10-13(7-16)14(20(2)19-10)18-9-17-8-11-3-5-12(15)6-4-11/h3-6,9H,8H2,1-2H3,(H,17,18). The van der Waals surface area contributed by atoms with Crippen LogP contribution in [-0.2, 0) is 13.6 Å². The molecule has 0 aliphatic heterocycles. The molecule has 0 spiro atoms. The first-order chi connectivity index (χ1) is 9.61. The number of anilines is 1. The third-order valence-corrected chi connectivity index (χ3v) is 2.81. The average Bonchev–Trinajstić information content (AvgIpc) is 2.70. The molecule has 0 aliphatic rings. The lowest BCUT2D eigenvalue weighted by atomic mass is 10.2. The fourth-order valence-corrected chi connectivity index (χ4v) is 1.81. The van der Waals surface area contributed by atoms with Crippen molar-refractivity contribution in [2.75, 3.05) is 5.32 Å². The van der Waals surface area contributed by atoms with Crippen molar-refractivity contribution in [2.24, 2.45) is 12.0 Å². The van der Waals surface area contributed by atoms with Gasteiger partial charge in [0.25, 0.3) is 0 Å². The number of aliphatic imine (C=N–C) groups is 1. The van der Waals surface area contributed by atoms with Gasteiger partial charge in [0.05, 0.1) is 18.6 Å². The summed E-state index contributed by atoms with van der Waals surface area (Å²) in [7, 11) is 1.75. The minimum Gasteiger partial charge on any atom is -0.331 e. The highest BCUT2D eigenvalue weighted by atomic mass is 19.1. The van der Waals surface area contributed by atoms with Crippen molar-refractivity contribution < 1.29 is 4.39 Å². The second kappa shape index (κ2) is 5.97. The molecule has 0 saturated carbocycles. The van der Waals surface area contributed by atoms with Gasteiger partial charge in [-0.3, -0.25) is 9.67 Å². The highest BCUT2D eigenvalue weighted by Crippen LogP contribution is 2.16. The van der Waals surface area contributed by atoms with E-state index in [1.54, 1.807) is 30.8 Å². The SMILES string of the molecule is Cc1nn(C)c(NC=NCc2ccc(F)cc2)c1C#N. The third-order valence-electron chi connectivity index (χ3n) is 2.81. The smallest absolute Gasteiger partial charge is 0.147 e. The summed E-state index contributed by atoms with van der Waals surface area (Å²) < 4.78 is 14.3. The molecule has 102 valence electrons. The van der Waals surface area contributed by atoms with Crippen LogP contribution in [0.3, 0.4) is 0 Å². The van der Waals surface area contributed by atoms with Crippen molar-refractivity contribution in [3.8, 4) is 6.07 Å². The maximum atomic E-state index is 12.7. The molecular weight excluding hydrogens is 257 g/mol. The zero-order chi connectivity index (χ0) is 14.5. The van der Waals surface area contributed by atoms with Gasteiger partial charge < -0.3 is 5.32 Å². The highest BCUT2D eigenvalue weighted by Gasteiger charge is 2.10. The van der Waals surface area contributed by atoms with Gasteiger partial charge in [-0.15, -0.1) is 0 Å². The van der Waals surface area contributed by atoms with Crippen LogP contribution in [0.2, 0.25) is 0 Å². The Kier molecular flexibility index (Phi) is 4.11. The molecule has 1 N–H and O–H groups in total. The Bertz CT molecular complexity index is 664. The van der Waals surface area contributed by atoms with Gasteiger partial charge >= 0.3 is 0 Å². The van der Waals surface area contributed by atoms with Gasteiger partial charge in [-0.25, -0.2) is 4.39 Å². The minimum absolute atomic E-state index is 0.264. The molecule has 0 amide bonds.